The van der Waals surface area contributed by atoms with Gasteiger partial charge in [-0.2, -0.15) is 0 Å². The molecular weight excluding hydrogens is 376 g/mol. The molecule has 0 spiro atoms. The molecule has 0 radical (unpaired) electrons. The van der Waals surface area contributed by atoms with Crippen molar-refractivity contribution in [3.63, 3.8) is 0 Å². The number of likely N-dealkylation sites (tertiary alicyclic amines) is 1. The maximum absolute atomic E-state index is 12.9. The van der Waals surface area contributed by atoms with Gasteiger partial charge in [0, 0.05) is 37.4 Å². The summed E-state index contributed by atoms with van der Waals surface area (Å²) in [6.45, 7) is 12.2. The number of carbonyl (C=O) groups is 1. The Bertz CT molecular complexity index is 1100. The van der Waals surface area contributed by atoms with E-state index in [2.05, 4.69) is 33.1 Å². The van der Waals surface area contributed by atoms with Crippen LogP contribution < -0.4 is 0 Å². The third kappa shape index (κ3) is 3.62. The molecule has 3 aromatic rings. The quantitative estimate of drug-likeness (QED) is 0.578. The fraction of sp³-hybridized carbons (Fsp3) is 0.417. The molecule has 1 aliphatic rings. The van der Waals surface area contributed by atoms with Crippen LogP contribution in [0.15, 0.2) is 37.4 Å². The van der Waals surface area contributed by atoms with Crippen molar-refractivity contribution < 1.29 is 9.53 Å². The highest BCUT2D eigenvalue weighted by atomic mass is 16.5. The summed E-state index contributed by atoms with van der Waals surface area (Å²) >= 11 is 0. The standard InChI is InChI=1S/C24H30N4O2/c1-16(2)30-24(29)21-12-20-11-19(22-13-25-15-26(22)5)14-28(20)23(17(21)3)18(4)27-9-7-6-8-10-27/h11-16H,4,6-10H2,1-3,5H3. The lowest BCUT2D eigenvalue weighted by atomic mass is 10.0. The van der Waals surface area contributed by atoms with Crippen molar-refractivity contribution in [3.8, 4) is 11.3 Å². The Morgan fingerprint density at radius 1 is 1.20 bits per heavy atom. The van der Waals surface area contributed by atoms with Crippen LogP contribution in [0.1, 0.15) is 54.7 Å². The number of imidazole rings is 1. The van der Waals surface area contributed by atoms with Crippen molar-refractivity contribution in [2.24, 2.45) is 7.05 Å². The molecule has 3 aromatic heterocycles. The van der Waals surface area contributed by atoms with Gasteiger partial charge in [0.1, 0.15) is 0 Å². The Morgan fingerprint density at radius 3 is 2.57 bits per heavy atom. The monoisotopic (exact) mass is 406 g/mol. The summed E-state index contributed by atoms with van der Waals surface area (Å²) in [5.41, 5.74) is 6.45. The minimum atomic E-state index is -0.291. The van der Waals surface area contributed by atoms with Gasteiger partial charge >= 0.3 is 5.97 Å². The molecule has 158 valence electrons. The lowest BCUT2D eigenvalue weighted by Crippen LogP contribution is -2.29. The number of aryl methyl sites for hydroxylation is 1. The zero-order chi connectivity index (χ0) is 21.4. The van der Waals surface area contributed by atoms with E-state index < -0.39 is 0 Å². The number of piperidine rings is 1. The van der Waals surface area contributed by atoms with Crippen LogP contribution >= 0.6 is 0 Å². The maximum Gasteiger partial charge on any atom is 0.338 e. The van der Waals surface area contributed by atoms with E-state index in [1.807, 2.05) is 44.6 Å². The summed E-state index contributed by atoms with van der Waals surface area (Å²) in [7, 11) is 1.98. The van der Waals surface area contributed by atoms with Gasteiger partial charge in [-0.05, 0) is 57.7 Å². The van der Waals surface area contributed by atoms with Crippen LogP contribution in [0, 0.1) is 6.92 Å². The molecule has 0 aromatic carbocycles. The minimum Gasteiger partial charge on any atom is -0.459 e. The number of hydrogen-bond acceptors (Lipinski definition) is 4. The lowest BCUT2D eigenvalue weighted by Gasteiger charge is -2.32. The van der Waals surface area contributed by atoms with E-state index in [9.17, 15) is 4.79 Å². The van der Waals surface area contributed by atoms with Gasteiger partial charge in [0.15, 0.2) is 0 Å². The van der Waals surface area contributed by atoms with Gasteiger partial charge < -0.3 is 18.6 Å². The first-order valence-electron chi connectivity index (χ1n) is 10.6. The van der Waals surface area contributed by atoms with Crippen molar-refractivity contribution in [3.05, 3.63) is 54.3 Å². The average molecular weight is 407 g/mol. The van der Waals surface area contributed by atoms with Crippen LogP contribution in [-0.2, 0) is 11.8 Å². The Hall–Kier alpha value is -3.02. The highest BCUT2D eigenvalue weighted by Gasteiger charge is 2.23. The molecule has 0 amide bonds. The van der Waals surface area contributed by atoms with Gasteiger partial charge in [-0.15, -0.1) is 0 Å². The first kappa shape index (κ1) is 20.3. The Balaban J connectivity index is 1.89. The number of ether oxygens (including phenoxy) is 1. The Kier molecular flexibility index (Phi) is 5.41. The smallest absolute Gasteiger partial charge is 0.338 e. The van der Waals surface area contributed by atoms with E-state index in [0.717, 1.165) is 46.8 Å². The Morgan fingerprint density at radius 2 is 1.93 bits per heavy atom. The highest BCUT2D eigenvalue weighted by molar-refractivity contribution is 5.94. The zero-order valence-electron chi connectivity index (χ0n) is 18.3. The fourth-order valence-corrected chi connectivity index (χ4v) is 4.28. The number of hydrogen-bond donors (Lipinski definition) is 0. The van der Waals surface area contributed by atoms with Crippen LogP contribution in [0.2, 0.25) is 0 Å². The normalized spacial score (nSPS) is 14.5. The van der Waals surface area contributed by atoms with Crippen molar-refractivity contribution >= 4 is 17.2 Å². The van der Waals surface area contributed by atoms with E-state index in [0.29, 0.717) is 5.56 Å². The summed E-state index contributed by atoms with van der Waals surface area (Å²) in [4.78, 5) is 19.5. The summed E-state index contributed by atoms with van der Waals surface area (Å²) in [6.07, 6.45) is 9.19. The maximum atomic E-state index is 12.9. The molecule has 0 aliphatic carbocycles. The number of fused-ring (bicyclic) bond motifs is 1. The van der Waals surface area contributed by atoms with Gasteiger partial charge in [-0.3, -0.25) is 0 Å². The molecule has 6 nitrogen and oxygen atoms in total. The van der Waals surface area contributed by atoms with Gasteiger partial charge in [-0.25, -0.2) is 9.78 Å². The van der Waals surface area contributed by atoms with E-state index in [1.165, 1.54) is 19.3 Å². The number of rotatable bonds is 5. The highest BCUT2D eigenvalue weighted by Crippen LogP contribution is 2.32. The Labute approximate surface area is 177 Å². The van der Waals surface area contributed by atoms with E-state index in [1.54, 1.807) is 6.33 Å². The summed E-state index contributed by atoms with van der Waals surface area (Å²) in [6, 6.07) is 4.02. The SMILES string of the molecule is C=C(c1c(C)c(C(=O)OC(C)C)cc2cc(-c3cncn3C)cn12)N1CCCCC1. The van der Waals surface area contributed by atoms with Gasteiger partial charge in [-0.1, -0.05) is 6.58 Å². The molecular formula is C24H30N4O2. The largest absolute Gasteiger partial charge is 0.459 e. The van der Waals surface area contributed by atoms with Gasteiger partial charge in [0.05, 0.1) is 41.3 Å². The average Bonchev–Trinajstić information content (AvgIpc) is 3.32. The third-order valence-corrected chi connectivity index (χ3v) is 5.83. The van der Waals surface area contributed by atoms with Crippen molar-refractivity contribution in [1.82, 2.24) is 18.9 Å². The van der Waals surface area contributed by atoms with Crippen LogP contribution in [0.3, 0.4) is 0 Å². The van der Waals surface area contributed by atoms with Crippen LogP contribution in [0.4, 0.5) is 0 Å². The molecule has 0 bridgehead atoms. The first-order valence-corrected chi connectivity index (χ1v) is 10.6. The number of nitrogens with zero attached hydrogens (tertiary/aromatic N) is 4. The lowest BCUT2D eigenvalue weighted by molar-refractivity contribution is 0.0377. The van der Waals surface area contributed by atoms with Crippen molar-refractivity contribution in [1.29, 1.82) is 0 Å². The number of pyridine rings is 1. The number of esters is 1. The number of carbonyl (C=O) groups excluding carboxylic acids is 1. The molecule has 4 rings (SSSR count). The molecule has 0 unspecified atom stereocenters. The zero-order valence-corrected chi connectivity index (χ0v) is 18.3. The van der Waals surface area contributed by atoms with Crippen molar-refractivity contribution in [2.45, 2.75) is 46.1 Å². The molecule has 0 saturated carbocycles. The van der Waals surface area contributed by atoms with Gasteiger partial charge in [0.25, 0.3) is 0 Å². The first-order chi connectivity index (χ1) is 14.4. The van der Waals surface area contributed by atoms with Crippen LogP contribution in [-0.4, -0.2) is 44.0 Å². The fourth-order valence-electron chi connectivity index (χ4n) is 4.28. The van der Waals surface area contributed by atoms with Gasteiger partial charge in [0.2, 0.25) is 0 Å². The third-order valence-electron chi connectivity index (χ3n) is 5.83. The number of aromatic nitrogens is 3. The molecule has 1 fully saturated rings. The molecule has 4 heterocycles. The van der Waals surface area contributed by atoms with Crippen LogP contribution in [0.25, 0.3) is 22.5 Å². The summed E-state index contributed by atoms with van der Waals surface area (Å²) in [5, 5.41) is 0. The predicted octanol–water partition coefficient (Wildman–Crippen LogP) is 4.67. The molecule has 1 saturated heterocycles. The van der Waals surface area contributed by atoms with E-state index in [-0.39, 0.29) is 12.1 Å². The molecule has 1 aliphatic heterocycles. The minimum absolute atomic E-state index is 0.168. The molecule has 0 atom stereocenters. The molecule has 0 N–H and O–H groups in total. The van der Waals surface area contributed by atoms with Crippen LogP contribution in [0.5, 0.6) is 0 Å². The topological polar surface area (TPSA) is 51.8 Å². The van der Waals surface area contributed by atoms with E-state index >= 15 is 0 Å². The van der Waals surface area contributed by atoms with Crippen molar-refractivity contribution in [2.75, 3.05) is 13.1 Å². The second-order valence-corrected chi connectivity index (χ2v) is 8.39. The molecule has 30 heavy (non-hydrogen) atoms. The second kappa shape index (κ2) is 8.01. The second-order valence-electron chi connectivity index (χ2n) is 8.39. The van der Waals surface area contributed by atoms with E-state index in [4.69, 9.17) is 4.74 Å². The summed E-state index contributed by atoms with van der Waals surface area (Å²) in [5.74, 6) is -0.291. The molecule has 6 heteroatoms. The predicted molar refractivity (Wildman–Crippen MR) is 119 cm³/mol. The summed E-state index contributed by atoms with van der Waals surface area (Å²) < 4.78 is 9.69.